The molecule has 2 aliphatic rings. The molecule has 2 rings (SSSR count). The van der Waals surface area contributed by atoms with Crippen molar-refractivity contribution in [3.63, 3.8) is 0 Å². The summed E-state index contributed by atoms with van der Waals surface area (Å²) in [4.78, 5) is 25.0. The first kappa shape index (κ1) is 13.3. The van der Waals surface area contributed by atoms with E-state index in [1.165, 1.54) is 24.2 Å². The minimum atomic E-state index is -0.319. The van der Waals surface area contributed by atoms with Crippen molar-refractivity contribution in [3.05, 3.63) is 0 Å². The maximum atomic E-state index is 11.9. The first-order valence-electron chi connectivity index (χ1n) is 6.49. The molecule has 1 saturated carbocycles. The van der Waals surface area contributed by atoms with Gasteiger partial charge in [0.1, 0.15) is 12.6 Å². The molecule has 6 heteroatoms. The van der Waals surface area contributed by atoms with Crippen LogP contribution in [0, 0.1) is 0 Å². The van der Waals surface area contributed by atoms with E-state index < -0.39 is 0 Å². The fourth-order valence-corrected chi connectivity index (χ4v) is 2.80. The summed E-state index contributed by atoms with van der Waals surface area (Å²) in [5.74, 6) is -0.243. The normalized spacial score (nSPS) is 25.2. The highest BCUT2D eigenvalue weighted by Crippen LogP contribution is 2.17. The van der Waals surface area contributed by atoms with Crippen LogP contribution in [0.1, 0.15) is 39.0 Å². The van der Waals surface area contributed by atoms with Crippen LogP contribution in [-0.4, -0.2) is 40.5 Å². The summed E-state index contributed by atoms with van der Waals surface area (Å²) in [6.45, 7) is 1.78. The number of nitrogens with one attached hydrogen (secondary N) is 2. The quantitative estimate of drug-likeness (QED) is 0.734. The molecule has 0 aromatic rings. The number of thiocarbonyl (C=S) groups is 1. The second-order valence-electron chi connectivity index (χ2n) is 5.00. The van der Waals surface area contributed by atoms with Crippen molar-refractivity contribution in [2.24, 2.45) is 0 Å². The van der Waals surface area contributed by atoms with Gasteiger partial charge in [-0.2, -0.15) is 0 Å². The van der Waals surface area contributed by atoms with E-state index in [1.807, 2.05) is 0 Å². The molecule has 0 aromatic heterocycles. The molecule has 1 heterocycles. The van der Waals surface area contributed by atoms with E-state index in [0.717, 1.165) is 12.8 Å². The molecule has 1 atom stereocenters. The molecule has 1 saturated heterocycles. The second kappa shape index (κ2) is 5.65. The lowest BCUT2D eigenvalue weighted by Gasteiger charge is -2.24. The molecule has 0 bridgehead atoms. The summed E-state index contributed by atoms with van der Waals surface area (Å²) in [5, 5.41) is 6.19. The van der Waals surface area contributed by atoms with Gasteiger partial charge >= 0.3 is 0 Å². The van der Waals surface area contributed by atoms with Crippen LogP contribution in [0.15, 0.2) is 0 Å². The molecule has 2 fully saturated rings. The Morgan fingerprint density at radius 3 is 2.67 bits per heavy atom. The highest BCUT2D eigenvalue weighted by molar-refractivity contribution is 7.80. The highest BCUT2D eigenvalue weighted by Gasteiger charge is 2.33. The van der Waals surface area contributed by atoms with E-state index in [-0.39, 0.29) is 30.4 Å². The SMILES string of the molecule is C[C@@H]1NC(=S)N(CC(=O)NC2CCCCC2)C1=O. The van der Waals surface area contributed by atoms with Crippen molar-refractivity contribution in [3.8, 4) is 0 Å². The van der Waals surface area contributed by atoms with Crippen LogP contribution in [0.25, 0.3) is 0 Å². The first-order chi connectivity index (χ1) is 8.58. The summed E-state index contributed by atoms with van der Waals surface area (Å²) in [5.41, 5.74) is 0. The van der Waals surface area contributed by atoms with Gasteiger partial charge in [0.15, 0.2) is 5.11 Å². The van der Waals surface area contributed by atoms with Gasteiger partial charge in [-0.3, -0.25) is 14.5 Å². The maximum absolute atomic E-state index is 11.9. The molecule has 2 N–H and O–H groups in total. The van der Waals surface area contributed by atoms with Gasteiger partial charge in [-0.15, -0.1) is 0 Å². The fourth-order valence-electron chi connectivity index (χ4n) is 2.47. The van der Waals surface area contributed by atoms with Crippen LogP contribution in [0.5, 0.6) is 0 Å². The topological polar surface area (TPSA) is 61.4 Å². The van der Waals surface area contributed by atoms with Crippen molar-refractivity contribution in [2.45, 2.75) is 51.1 Å². The van der Waals surface area contributed by atoms with Crippen LogP contribution >= 0.6 is 12.2 Å². The molecule has 0 unspecified atom stereocenters. The molecule has 5 nitrogen and oxygen atoms in total. The number of hydrogen-bond acceptors (Lipinski definition) is 3. The minimum absolute atomic E-state index is 0.0332. The third-order valence-electron chi connectivity index (χ3n) is 3.49. The van der Waals surface area contributed by atoms with Crippen molar-refractivity contribution in [2.75, 3.05) is 6.54 Å². The Hall–Kier alpha value is -1.17. The van der Waals surface area contributed by atoms with Crippen molar-refractivity contribution in [1.29, 1.82) is 0 Å². The van der Waals surface area contributed by atoms with Gasteiger partial charge in [0.05, 0.1) is 0 Å². The van der Waals surface area contributed by atoms with E-state index >= 15 is 0 Å². The predicted octanol–water partition coefficient (Wildman–Crippen LogP) is 0.540. The van der Waals surface area contributed by atoms with E-state index in [4.69, 9.17) is 12.2 Å². The van der Waals surface area contributed by atoms with Crippen LogP contribution in [0.2, 0.25) is 0 Å². The fraction of sp³-hybridized carbons (Fsp3) is 0.750. The van der Waals surface area contributed by atoms with Gasteiger partial charge in [-0.05, 0) is 32.0 Å². The van der Waals surface area contributed by atoms with Gasteiger partial charge in [-0.1, -0.05) is 19.3 Å². The molecule has 0 aromatic carbocycles. The number of hydrogen-bond donors (Lipinski definition) is 2. The predicted molar refractivity (Wildman–Crippen MR) is 71.9 cm³/mol. The Morgan fingerprint density at radius 1 is 1.44 bits per heavy atom. The molecule has 0 radical (unpaired) electrons. The molecule has 0 spiro atoms. The van der Waals surface area contributed by atoms with E-state index in [2.05, 4.69) is 10.6 Å². The number of amides is 2. The van der Waals surface area contributed by atoms with E-state index in [9.17, 15) is 9.59 Å². The summed E-state index contributed by atoms with van der Waals surface area (Å²) in [6, 6.07) is -0.0529. The third kappa shape index (κ3) is 2.98. The number of carbonyl (C=O) groups excluding carboxylic acids is 2. The average Bonchev–Trinajstić information content (AvgIpc) is 2.57. The molecule has 100 valence electrons. The van der Waals surface area contributed by atoms with Crippen molar-refractivity contribution < 1.29 is 9.59 Å². The van der Waals surface area contributed by atoms with Gasteiger partial charge in [0.2, 0.25) is 5.91 Å². The zero-order chi connectivity index (χ0) is 13.1. The maximum Gasteiger partial charge on any atom is 0.251 e. The van der Waals surface area contributed by atoms with Crippen LogP contribution in [0.3, 0.4) is 0 Å². The molecule has 1 aliphatic carbocycles. The van der Waals surface area contributed by atoms with Crippen LogP contribution in [-0.2, 0) is 9.59 Å². The summed E-state index contributed by atoms with van der Waals surface area (Å²) < 4.78 is 0. The lowest BCUT2D eigenvalue weighted by atomic mass is 9.95. The average molecular weight is 269 g/mol. The third-order valence-corrected chi connectivity index (χ3v) is 3.83. The Bertz CT molecular complexity index is 366. The summed E-state index contributed by atoms with van der Waals surface area (Å²) in [7, 11) is 0. The zero-order valence-electron chi connectivity index (χ0n) is 10.6. The Kier molecular flexibility index (Phi) is 4.16. The van der Waals surface area contributed by atoms with E-state index in [0.29, 0.717) is 5.11 Å². The Balaban J connectivity index is 1.83. The largest absolute Gasteiger partial charge is 0.352 e. The molecule has 18 heavy (non-hydrogen) atoms. The second-order valence-corrected chi connectivity index (χ2v) is 5.38. The molecular formula is C12H19N3O2S. The van der Waals surface area contributed by atoms with Gasteiger partial charge in [0, 0.05) is 6.04 Å². The summed E-state index contributed by atoms with van der Waals surface area (Å²) in [6.07, 6.45) is 5.68. The molecule has 1 aliphatic heterocycles. The van der Waals surface area contributed by atoms with Crippen molar-refractivity contribution in [1.82, 2.24) is 15.5 Å². The van der Waals surface area contributed by atoms with Gasteiger partial charge in [0.25, 0.3) is 5.91 Å². The number of carbonyl (C=O) groups is 2. The van der Waals surface area contributed by atoms with Crippen molar-refractivity contribution >= 4 is 29.1 Å². The monoisotopic (exact) mass is 269 g/mol. The number of nitrogens with zero attached hydrogens (tertiary/aromatic N) is 1. The van der Waals surface area contributed by atoms with Crippen LogP contribution in [0.4, 0.5) is 0 Å². The lowest BCUT2D eigenvalue weighted by Crippen LogP contribution is -2.45. The smallest absolute Gasteiger partial charge is 0.251 e. The Labute approximate surface area is 112 Å². The van der Waals surface area contributed by atoms with Gasteiger partial charge in [-0.25, -0.2) is 0 Å². The van der Waals surface area contributed by atoms with Gasteiger partial charge < -0.3 is 10.6 Å². The highest BCUT2D eigenvalue weighted by atomic mass is 32.1. The first-order valence-corrected chi connectivity index (χ1v) is 6.90. The zero-order valence-corrected chi connectivity index (χ0v) is 11.4. The minimum Gasteiger partial charge on any atom is -0.352 e. The van der Waals surface area contributed by atoms with Crippen LogP contribution < -0.4 is 10.6 Å². The Morgan fingerprint density at radius 2 is 2.11 bits per heavy atom. The summed E-state index contributed by atoms with van der Waals surface area (Å²) >= 11 is 5.03. The van der Waals surface area contributed by atoms with E-state index in [1.54, 1.807) is 6.92 Å². The lowest BCUT2D eigenvalue weighted by molar-refractivity contribution is -0.131. The molecule has 2 amide bonds. The molecular weight excluding hydrogens is 250 g/mol. The number of rotatable bonds is 3. The standard InChI is InChI=1S/C12H19N3O2S/c1-8-11(17)15(12(18)13-8)7-10(16)14-9-5-3-2-4-6-9/h8-9H,2-7H2,1H3,(H,13,18)(H,14,16)/t8-/m0/s1.